The van der Waals surface area contributed by atoms with Gasteiger partial charge in [0.05, 0.1) is 6.26 Å². The molecule has 1 heterocycles. The van der Waals surface area contributed by atoms with E-state index in [9.17, 15) is 4.79 Å². The number of amides is 1. The van der Waals surface area contributed by atoms with Crippen molar-refractivity contribution < 1.29 is 9.21 Å². The summed E-state index contributed by atoms with van der Waals surface area (Å²) in [6.45, 7) is 7.41. The number of furan rings is 1. The van der Waals surface area contributed by atoms with Crippen molar-refractivity contribution >= 4 is 17.3 Å². The third-order valence-corrected chi connectivity index (χ3v) is 3.17. The summed E-state index contributed by atoms with van der Waals surface area (Å²) in [5, 5.41) is 2.81. The van der Waals surface area contributed by atoms with Gasteiger partial charge in [-0.2, -0.15) is 0 Å². The van der Waals surface area contributed by atoms with Crippen LogP contribution in [0.25, 0.3) is 0 Å². The van der Waals surface area contributed by atoms with E-state index in [1.807, 2.05) is 24.3 Å². The summed E-state index contributed by atoms with van der Waals surface area (Å²) < 4.78 is 5.06. The summed E-state index contributed by atoms with van der Waals surface area (Å²) in [6.07, 6.45) is 1.49. The van der Waals surface area contributed by atoms with Crippen molar-refractivity contribution in [1.29, 1.82) is 0 Å². The number of carbonyl (C=O) groups is 1. The molecule has 4 heteroatoms. The second kappa shape index (κ2) is 6.28. The van der Waals surface area contributed by atoms with E-state index in [0.29, 0.717) is 11.8 Å². The standard InChI is InChI=1S/C16H20N2O2/c1-4-18(12(2)3)14-9-7-13(8-10-14)17-16(19)15-6-5-11-20-15/h5-12H,4H2,1-3H3,(H,17,19). The molecule has 1 aromatic carbocycles. The molecule has 0 aliphatic carbocycles. The van der Waals surface area contributed by atoms with Crippen LogP contribution in [0.3, 0.4) is 0 Å². The number of benzene rings is 1. The van der Waals surface area contributed by atoms with E-state index in [1.165, 1.54) is 6.26 Å². The Hall–Kier alpha value is -2.23. The predicted octanol–water partition coefficient (Wildman–Crippen LogP) is 3.77. The molecule has 1 aromatic heterocycles. The molecule has 0 aliphatic heterocycles. The van der Waals surface area contributed by atoms with Gasteiger partial charge in [0.1, 0.15) is 0 Å². The van der Waals surface area contributed by atoms with Crippen LogP contribution >= 0.6 is 0 Å². The van der Waals surface area contributed by atoms with Crippen LogP contribution in [0.15, 0.2) is 47.1 Å². The Morgan fingerprint density at radius 3 is 2.45 bits per heavy atom. The van der Waals surface area contributed by atoms with Gasteiger partial charge >= 0.3 is 0 Å². The first-order chi connectivity index (χ1) is 9.61. The summed E-state index contributed by atoms with van der Waals surface area (Å²) in [4.78, 5) is 14.1. The van der Waals surface area contributed by atoms with Crippen LogP contribution < -0.4 is 10.2 Å². The first-order valence-electron chi connectivity index (χ1n) is 6.83. The molecule has 4 nitrogen and oxygen atoms in total. The smallest absolute Gasteiger partial charge is 0.291 e. The minimum atomic E-state index is -0.237. The molecule has 0 radical (unpaired) electrons. The van der Waals surface area contributed by atoms with Crippen molar-refractivity contribution in [2.45, 2.75) is 26.8 Å². The summed E-state index contributed by atoms with van der Waals surface area (Å²) >= 11 is 0. The van der Waals surface area contributed by atoms with Gasteiger partial charge in [-0.3, -0.25) is 4.79 Å². The average Bonchev–Trinajstić information content (AvgIpc) is 2.95. The van der Waals surface area contributed by atoms with Gasteiger partial charge in [0.25, 0.3) is 5.91 Å². The SMILES string of the molecule is CCN(c1ccc(NC(=O)c2ccco2)cc1)C(C)C. The fourth-order valence-electron chi connectivity index (χ4n) is 2.18. The average molecular weight is 272 g/mol. The Morgan fingerprint density at radius 2 is 1.95 bits per heavy atom. The maximum atomic E-state index is 11.8. The van der Waals surface area contributed by atoms with Crippen molar-refractivity contribution in [2.75, 3.05) is 16.8 Å². The van der Waals surface area contributed by atoms with Gasteiger partial charge < -0.3 is 14.6 Å². The third-order valence-electron chi connectivity index (χ3n) is 3.17. The summed E-state index contributed by atoms with van der Waals surface area (Å²) in [7, 11) is 0. The van der Waals surface area contributed by atoms with Gasteiger partial charge in [0, 0.05) is 24.0 Å². The van der Waals surface area contributed by atoms with Gasteiger partial charge in [0.2, 0.25) is 0 Å². The molecule has 0 fully saturated rings. The monoisotopic (exact) mass is 272 g/mol. The van der Waals surface area contributed by atoms with Crippen LogP contribution in [-0.2, 0) is 0 Å². The van der Waals surface area contributed by atoms with Crippen LogP contribution in [0, 0.1) is 0 Å². The van der Waals surface area contributed by atoms with E-state index in [1.54, 1.807) is 12.1 Å². The normalized spacial score (nSPS) is 10.6. The van der Waals surface area contributed by atoms with E-state index >= 15 is 0 Å². The number of nitrogens with zero attached hydrogens (tertiary/aromatic N) is 1. The molecule has 0 unspecified atom stereocenters. The lowest BCUT2D eigenvalue weighted by Crippen LogP contribution is -2.30. The second-order valence-corrected chi connectivity index (χ2v) is 4.86. The second-order valence-electron chi connectivity index (χ2n) is 4.86. The molecular formula is C16H20N2O2. The zero-order valence-corrected chi connectivity index (χ0v) is 12.1. The molecular weight excluding hydrogens is 252 g/mol. The lowest BCUT2D eigenvalue weighted by molar-refractivity contribution is 0.0996. The first-order valence-corrected chi connectivity index (χ1v) is 6.83. The predicted molar refractivity (Wildman–Crippen MR) is 81.3 cm³/mol. The lowest BCUT2D eigenvalue weighted by Gasteiger charge is -2.27. The highest BCUT2D eigenvalue weighted by Gasteiger charge is 2.10. The number of hydrogen-bond acceptors (Lipinski definition) is 3. The van der Waals surface area contributed by atoms with Gasteiger partial charge in [-0.25, -0.2) is 0 Å². The Morgan fingerprint density at radius 1 is 1.25 bits per heavy atom. The molecule has 2 aromatic rings. The minimum absolute atomic E-state index is 0.237. The van der Waals surface area contributed by atoms with Gasteiger partial charge in [-0.15, -0.1) is 0 Å². The molecule has 0 spiro atoms. The Bertz CT molecular complexity index is 544. The van der Waals surface area contributed by atoms with Gasteiger partial charge in [0.15, 0.2) is 5.76 Å². The number of carbonyl (C=O) groups excluding carboxylic acids is 1. The van der Waals surface area contributed by atoms with Crippen molar-refractivity contribution in [2.24, 2.45) is 0 Å². The lowest BCUT2D eigenvalue weighted by atomic mass is 10.2. The van der Waals surface area contributed by atoms with Crippen molar-refractivity contribution in [3.05, 3.63) is 48.4 Å². The number of anilines is 2. The topological polar surface area (TPSA) is 45.5 Å². The zero-order valence-electron chi connectivity index (χ0n) is 12.1. The quantitative estimate of drug-likeness (QED) is 0.901. The Kier molecular flexibility index (Phi) is 4.45. The number of hydrogen-bond donors (Lipinski definition) is 1. The highest BCUT2D eigenvalue weighted by molar-refractivity contribution is 6.02. The Labute approximate surface area is 119 Å². The van der Waals surface area contributed by atoms with Crippen molar-refractivity contribution in [3.8, 4) is 0 Å². The number of rotatable bonds is 5. The summed E-state index contributed by atoms with van der Waals surface area (Å²) in [5.74, 6) is 0.0744. The van der Waals surface area contributed by atoms with E-state index in [-0.39, 0.29) is 5.91 Å². The van der Waals surface area contributed by atoms with Gasteiger partial charge in [-0.05, 0) is 57.2 Å². The molecule has 0 saturated heterocycles. The van der Waals surface area contributed by atoms with E-state index in [0.717, 1.165) is 17.9 Å². The Balaban J connectivity index is 2.07. The van der Waals surface area contributed by atoms with Crippen molar-refractivity contribution in [1.82, 2.24) is 0 Å². The van der Waals surface area contributed by atoms with E-state index < -0.39 is 0 Å². The van der Waals surface area contributed by atoms with Crippen LogP contribution in [0.5, 0.6) is 0 Å². The van der Waals surface area contributed by atoms with Crippen LogP contribution in [0.4, 0.5) is 11.4 Å². The molecule has 1 N–H and O–H groups in total. The molecule has 0 atom stereocenters. The van der Waals surface area contributed by atoms with Crippen LogP contribution in [0.2, 0.25) is 0 Å². The van der Waals surface area contributed by atoms with Gasteiger partial charge in [-0.1, -0.05) is 0 Å². The number of nitrogens with one attached hydrogen (secondary N) is 1. The minimum Gasteiger partial charge on any atom is -0.459 e. The van der Waals surface area contributed by atoms with E-state index in [4.69, 9.17) is 4.42 Å². The molecule has 106 valence electrons. The van der Waals surface area contributed by atoms with Crippen LogP contribution in [0.1, 0.15) is 31.3 Å². The van der Waals surface area contributed by atoms with Crippen LogP contribution in [-0.4, -0.2) is 18.5 Å². The third kappa shape index (κ3) is 3.20. The highest BCUT2D eigenvalue weighted by atomic mass is 16.3. The molecule has 1 amide bonds. The molecule has 0 bridgehead atoms. The molecule has 0 saturated carbocycles. The molecule has 0 aliphatic rings. The largest absolute Gasteiger partial charge is 0.459 e. The summed E-state index contributed by atoms with van der Waals surface area (Å²) in [5.41, 5.74) is 1.91. The van der Waals surface area contributed by atoms with E-state index in [2.05, 4.69) is 31.0 Å². The molecule has 2 rings (SSSR count). The highest BCUT2D eigenvalue weighted by Crippen LogP contribution is 2.20. The summed E-state index contributed by atoms with van der Waals surface area (Å²) in [6, 6.07) is 11.6. The van der Waals surface area contributed by atoms with Crippen molar-refractivity contribution in [3.63, 3.8) is 0 Å². The zero-order chi connectivity index (χ0) is 14.5. The fourth-order valence-corrected chi connectivity index (χ4v) is 2.18. The first kappa shape index (κ1) is 14.2. The maximum absolute atomic E-state index is 11.8. The maximum Gasteiger partial charge on any atom is 0.291 e. The fraction of sp³-hybridized carbons (Fsp3) is 0.312. The molecule has 20 heavy (non-hydrogen) atoms.